The third-order valence-electron chi connectivity index (χ3n) is 1.97. The van der Waals surface area contributed by atoms with E-state index in [1.165, 1.54) is 30.5 Å². The van der Waals surface area contributed by atoms with Crippen molar-refractivity contribution in [2.45, 2.75) is 0 Å². The second-order valence-corrected chi connectivity index (χ2v) is 2.99. The van der Waals surface area contributed by atoms with Gasteiger partial charge in [-0.1, -0.05) is 12.1 Å². The molecule has 0 aliphatic carbocycles. The zero-order valence-electron chi connectivity index (χ0n) is 7.95. The Bertz CT molecular complexity index is 535. The number of non-ortho nitro benzene ring substituents is 1. The average Bonchev–Trinajstić information content (AvgIpc) is 2.81. The molecule has 2 rings (SSSR count). The zero-order valence-corrected chi connectivity index (χ0v) is 7.95. The molecule has 0 unspecified atom stereocenters. The second-order valence-electron chi connectivity index (χ2n) is 2.99. The van der Waals surface area contributed by atoms with Gasteiger partial charge in [-0.2, -0.15) is 15.4 Å². The lowest BCUT2D eigenvalue weighted by molar-refractivity contribution is -0.384. The fourth-order valence-electron chi connectivity index (χ4n) is 1.22. The Morgan fingerprint density at radius 1 is 1.44 bits per heavy atom. The zero-order chi connectivity index (χ0) is 11.5. The molecule has 1 N–H and O–H groups in total. The molecule has 2 aromatic rings. The highest BCUT2D eigenvalue weighted by atomic mass is 16.6. The number of benzene rings is 1. The number of hydrogen-bond donors (Lipinski definition) is 1. The van der Waals surface area contributed by atoms with Crippen molar-refractivity contribution in [3.05, 3.63) is 51.8 Å². The smallest absolute Gasteiger partial charge is 0.270 e. The molecule has 0 amide bonds. The normalized spacial score (nSPS) is 10.0. The summed E-state index contributed by atoms with van der Waals surface area (Å²) in [4.78, 5) is 21.7. The molecule has 80 valence electrons. The maximum absolute atomic E-state index is 11.7. The first-order chi connectivity index (χ1) is 7.68. The van der Waals surface area contributed by atoms with E-state index in [1.807, 2.05) is 0 Å². The molecule has 0 aliphatic rings. The Morgan fingerprint density at radius 2 is 2.25 bits per heavy atom. The first-order valence-corrected chi connectivity index (χ1v) is 4.33. The van der Waals surface area contributed by atoms with Gasteiger partial charge in [0.15, 0.2) is 5.69 Å². The summed E-state index contributed by atoms with van der Waals surface area (Å²) in [7, 11) is 0. The van der Waals surface area contributed by atoms with E-state index in [9.17, 15) is 14.9 Å². The third-order valence-corrected chi connectivity index (χ3v) is 1.97. The van der Waals surface area contributed by atoms with Gasteiger partial charge in [-0.05, 0) is 0 Å². The number of carbonyl (C=O) groups excluding carboxylic acids is 1. The van der Waals surface area contributed by atoms with Crippen LogP contribution in [-0.4, -0.2) is 26.1 Å². The summed E-state index contributed by atoms with van der Waals surface area (Å²) in [5, 5.41) is 19.9. The van der Waals surface area contributed by atoms with Crippen molar-refractivity contribution in [1.82, 2.24) is 15.4 Å². The van der Waals surface area contributed by atoms with E-state index in [4.69, 9.17) is 0 Å². The van der Waals surface area contributed by atoms with Crippen LogP contribution in [0.4, 0.5) is 5.69 Å². The van der Waals surface area contributed by atoms with Crippen LogP contribution in [0.5, 0.6) is 0 Å². The Morgan fingerprint density at radius 3 is 2.88 bits per heavy atom. The van der Waals surface area contributed by atoms with E-state index in [-0.39, 0.29) is 16.9 Å². The van der Waals surface area contributed by atoms with Crippen LogP contribution in [0.25, 0.3) is 0 Å². The van der Waals surface area contributed by atoms with Crippen molar-refractivity contribution < 1.29 is 9.72 Å². The number of carbonyl (C=O) groups is 1. The van der Waals surface area contributed by atoms with Crippen molar-refractivity contribution in [2.75, 3.05) is 0 Å². The maximum Gasteiger partial charge on any atom is 0.270 e. The first kappa shape index (κ1) is 9.97. The Balaban J connectivity index is 2.38. The molecule has 16 heavy (non-hydrogen) atoms. The summed E-state index contributed by atoms with van der Waals surface area (Å²) in [6.07, 6.45) is 1.27. The van der Waals surface area contributed by atoms with Crippen molar-refractivity contribution in [2.24, 2.45) is 0 Å². The SMILES string of the molecule is O=C(c1cccc([N+](=O)[O-])c1)c1cn[nH]n1. The third kappa shape index (κ3) is 1.78. The number of nitrogens with zero attached hydrogens (tertiary/aromatic N) is 3. The van der Waals surface area contributed by atoms with Crippen LogP contribution in [0, 0.1) is 10.1 Å². The van der Waals surface area contributed by atoms with Crippen LogP contribution >= 0.6 is 0 Å². The number of nitrogens with one attached hydrogen (secondary N) is 1. The van der Waals surface area contributed by atoms with Gasteiger partial charge in [0, 0.05) is 17.7 Å². The summed E-state index contributed by atoms with van der Waals surface area (Å²) >= 11 is 0. The van der Waals surface area contributed by atoms with E-state index < -0.39 is 10.7 Å². The van der Waals surface area contributed by atoms with Crippen molar-refractivity contribution in [3.63, 3.8) is 0 Å². The number of nitro benzene ring substituents is 1. The van der Waals surface area contributed by atoms with Gasteiger partial charge in [0.25, 0.3) is 5.69 Å². The molecule has 0 atom stereocenters. The number of nitro groups is 1. The predicted octanol–water partition coefficient (Wildman–Crippen LogP) is 0.944. The first-order valence-electron chi connectivity index (χ1n) is 4.33. The maximum atomic E-state index is 11.7. The highest BCUT2D eigenvalue weighted by Crippen LogP contribution is 2.15. The minimum absolute atomic E-state index is 0.125. The highest BCUT2D eigenvalue weighted by molar-refractivity contribution is 6.07. The number of aromatic nitrogens is 3. The number of rotatable bonds is 3. The Kier molecular flexibility index (Phi) is 2.42. The lowest BCUT2D eigenvalue weighted by atomic mass is 10.1. The fourth-order valence-corrected chi connectivity index (χ4v) is 1.22. The minimum atomic E-state index is -0.556. The largest absolute Gasteiger partial charge is 0.287 e. The van der Waals surface area contributed by atoms with Crippen molar-refractivity contribution >= 4 is 11.5 Å². The van der Waals surface area contributed by atoms with Gasteiger partial charge in [-0.25, -0.2) is 0 Å². The summed E-state index contributed by atoms with van der Waals surface area (Å²) in [6.45, 7) is 0. The van der Waals surface area contributed by atoms with Gasteiger partial charge in [-0.3, -0.25) is 14.9 Å². The van der Waals surface area contributed by atoms with Gasteiger partial charge in [0.05, 0.1) is 11.1 Å². The number of hydrogen-bond acceptors (Lipinski definition) is 5. The summed E-state index contributed by atoms with van der Waals surface area (Å²) in [5.74, 6) is -0.405. The minimum Gasteiger partial charge on any atom is -0.287 e. The van der Waals surface area contributed by atoms with Gasteiger partial charge in [0.1, 0.15) is 0 Å². The Labute approximate surface area is 89.3 Å². The molecule has 1 heterocycles. The molecule has 0 radical (unpaired) electrons. The van der Waals surface area contributed by atoms with Crippen LogP contribution in [0.1, 0.15) is 16.1 Å². The van der Waals surface area contributed by atoms with E-state index in [1.54, 1.807) is 0 Å². The molecule has 7 heteroatoms. The van der Waals surface area contributed by atoms with Gasteiger partial charge < -0.3 is 0 Å². The van der Waals surface area contributed by atoms with Crippen molar-refractivity contribution in [3.8, 4) is 0 Å². The van der Waals surface area contributed by atoms with Crippen molar-refractivity contribution in [1.29, 1.82) is 0 Å². The van der Waals surface area contributed by atoms with Crippen LogP contribution in [0.2, 0.25) is 0 Å². The lowest BCUT2D eigenvalue weighted by Gasteiger charge is -1.96. The van der Waals surface area contributed by atoms with Crippen LogP contribution in [-0.2, 0) is 0 Å². The molecule has 1 aromatic carbocycles. The summed E-state index contributed by atoms with van der Waals surface area (Å²) < 4.78 is 0. The van der Waals surface area contributed by atoms with Gasteiger partial charge in [0.2, 0.25) is 5.78 Å². The van der Waals surface area contributed by atoms with E-state index in [2.05, 4.69) is 15.4 Å². The molecular formula is C9H6N4O3. The van der Waals surface area contributed by atoms with E-state index in [0.29, 0.717) is 0 Å². The second kappa shape index (κ2) is 3.89. The molecule has 7 nitrogen and oxygen atoms in total. The topological polar surface area (TPSA) is 102 Å². The standard InChI is InChI=1S/C9H6N4O3/c14-9(8-5-10-12-11-8)6-2-1-3-7(4-6)13(15)16/h1-5H,(H,10,11,12). The van der Waals surface area contributed by atoms with Crippen LogP contribution < -0.4 is 0 Å². The molecule has 0 saturated carbocycles. The van der Waals surface area contributed by atoms with Crippen LogP contribution in [0.15, 0.2) is 30.5 Å². The quantitative estimate of drug-likeness (QED) is 0.469. The number of aromatic amines is 1. The van der Waals surface area contributed by atoms with Gasteiger partial charge in [-0.15, -0.1) is 0 Å². The summed E-state index contributed by atoms with van der Waals surface area (Å²) in [5.41, 5.74) is 0.206. The fraction of sp³-hybridized carbons (Fsp3) is 0. The molecule has 1 aromatic heterocycles. The predicted molar refractivity (Wildman–Crippen MR) is 52.9 cm³/mol. The number of H-pyrrole nitrogens is 1. The molecule has 0 saturated heterocycles. The Hall–Kier alpha value is -2.57. The molecular weight excluding hydrogens is 212 g/mol. The van der Waals surface area contributed by atoms with Crippen LogP contribution in [0.3, 0.4) is 0 Å². The lowest BCUT2D eigenvalue weighted by Crippen LogP contribution is -2.02. The molecule has 0 bridgehead atoms. The molecule has 0 spiro atoms. The van der Waals surface area contributed by atoms with E-state index in [0.717, 1.165) is 0 Å². The molecule has 0 aliphatic heterocycles. The summed E-state index contributed by atoms with van der Waals surface area (Å²) in [6, 6.07) is 5.46. The average molecular weight is 218 g/mol. The van der Waals surface area contributed by atoms with Gasteiger partial charge >= 0.3 is 0 Å². The number of ketones is 1. The molecule has 0 fully saturated rings. The highest BCUT2D eigenvalue weighted by Gasteiger charge is 2.14. The van der Waals surface area contributed by atoms with E-state index >= 15 is 0 Å². The monoisotopic (exact) mass is 218 g/mol.